The second-order valence-electron chi connectivity index (χ2n) is 6.53. The highest BCUT2D eigenvalue weighted by Crippen LogP contribution is 2.26. The van der Waals surface area contributed by atoms with Gasteiger partial charge in [0.2, 0.25) is 0 Å². The van der Waals surface area contributed by atoms with Gasteiger partial charge >= 0.3 is 0 Å². The van der Waals surface area contributed by atoms with Crippen molar-refractivity contribution in [3.8, 4) is 0 Å². The van der Waals surface area contributed by atoms with Gasteiger partial charge in [0, 0.05) is 0 Å². The number of hydrogen-bond donors (Lipinski definition) is 1. The van der Waals surface area contributed by atoms with Crippen molar-refractivity contribution in [3.63, 3.8) is 0 Å². The van der Waals surface area contributed by atoms with Crippen molar-refractivity contribution >= 4 is 20.9 Å². The van der Waals surface area contributed by atoms with Crippen LogP contribution in [-0.4, -0.2) is 13.0 Å². The van der Waals surface area contributed by atoms with E-state index in [4.69, 9.17) is 0 Å². The van der Waals surface area contributed by atoms with Gasteiger partial charge in [-0.15, -0.1) is 0 Å². The standard InChI is InChI=1S/C20H28O3S/c1-3-5-7-9-16-11-12-17-14-18(10-8-6-4-2)20(24(21,22)23)15-19(17)13-16/h11-15H,3-10H2,1-2H3,(H,21,22,23). The summed E-state index contributed by atoms with van der Waals surface area (Å²) in [6.07, 6.45) is 8.27. The molecule has 0 unspecified atom stereocenters. The van der Waals surface area contributed by atoms with Crippen LogP contribution in [0.2, 0.25) is 0 Å². The Labute approximate surface area is 145 Å². The Morgan fingerprint density at radius 3 is 2.12 bits per heavy atom. The number of hydrogen-bond acceptors (Lipinski definition) is 2. The molecule has 0 amide bonds. The highest BCUT2D eigenvalue weighted by Gasteiger charge is 2.16. The van der Waals surface area contributed by atoms with E-state index in [0.29, 0.717) is 6.42 Å². The molecule has 0 aromatic heterocycles. The van der Waals surface area contributed by atoms with Crippen molar-refractivity contribution < 1.29 is 13.0 Å². The highest BCUT2D eigenvalue weighted by atomic mass is 32.2. The van der Waals surface area contributed by atoms with E-state index < -0.39 is 10.1 Å². The molecule has 4 heteroatoms. The average molecular weight is 349 g/mol. The maximum atomic E-state index is 11.8. The molecule has 0 saturated heterocycles. The van der Waals surface area contributed by atoms with Crippen LogP contribution in [0.3, 0.4) is 0 Å². The summed E-state index contributed by atoms with van der Waals surface area (Å²) in [5.41, 5.74) is 1.94. The molecule has 2 rings (SSSR count). The molecule has 0 spiro atoms. The van der Waals surface area contributed by atoms with E-state index in [1.807, 2.05) is 6.07 Å². The van der Waals surface area contributed by atoms with E-state index in [1.165, 1.54) is 18.4 Å². The van der Waals surface area contributed by atoms with Crippen molar-refractivity contribution in [3.05, 3.63) is 41.5 Å². The van der Waals surface area contributed by atoms with Crippen LogP contribution >= 0.6 is 0 Å². The molecule has 0 aliphatic rings. The Morgan fingerprint density at radius 1 is 0.833 bits per heavy atom. The SMILES string of the molecule is CCCCCc1ccc2cc(CCCCC)c(S(=O)(=O)O)cc2c1. The zero-order chi connectivity index (χ0) is 17.6. The molecule has 0 atom stereocenters. The first kappa shape index (κ1) is 18.9. The molecular formula is C20H28O3S. The third-order valence-electron chi connectivity index (χ3n) is 4.48. The summed E-state index contributed by atoms with van der Waals surface area (Å²) in [5.74, 6) is 0. The van der Waals surface area contributed by atoms with Gasteiger partial charge in [0.15, 0.2) is 0 Å². The lowest BCUT2D eigenvalue weighted by molar-refractivity contribution is 0.482. The van der Waals surface area contributed by atoms with Crippen LogP contribution in [0.15, 0.2) is 35.2 Å². The van der Waals surface area contributed by atoms with Crippen LogP contribution in [0.25, 0.3) is 10.8 Å². The minimum Gasteiger partial charge on any atom is -0.282 e. The average Bonchev–Trinajstić information content (AvgIpc) is 2.54. The second-order valence-corrected chi connectivity index (χ2v) is 7.92. The molecule has 2 aromatic rings. The van der Waals surface area contributed by atoms with E-state index in [-0.39, 0.29) is 4.90 Å². The lowest BCUT2D eigenvalue weighted by Crippen LogP contribution is -2.04. The Hall–Kier alpha value is -1.39. The quantitative estimate of drug-likeness (QED) is 0.477. The molecule has 3 nitrogen and oxygen atoms in total. The van der Waals surface area contributed by atoms with Crippen LogP contribution in [0, 0.1) is 0 Å². The van der Waals surface area contributed by atoms with E-state index in [2.05, 4.69) is 32.0 Å². The van der Waals surface area contributed by atoms with Gasteiger partial charge in [0.1, 0.15) is 0 Å². The summed E-state index contributed by atoms with van der Waals surface area (Å²) in [4.78, 5) is 0.0665. The van der Waals surface area contributed by atoms with Gasteiger partial charge in [-0.2, -0.15) is 8.42 Å². The number of aryl methyl sites for hydroxylation is 2. The lowest BCUT2D eigenvalue weighted by Gasteiger charge is -2.11. The van der Waals surface area contributed by atoms with Gasteiger partial charge in [0.25, 0.3) is 10.1 Å². The van der Waals surface area contributed by atoms with Crippen LogP contribution in [-0.2, 0) is 23.0 Å². The molecule has 132 valence electrons. The Bertz CT molecular complexity index is 779. The number of unbranched alkanes of at least 4 members (excludes halogenated alkanes) is 4. The van der Waals surface area contributed by atoms with Crippen molar-refractivity contribution in [1.82, 2.24) is 0 Å². The second kappa shape index (κ2) is 8.63. The largest absolute Gasteiger partial charge is 0.294 e. The van der Waals surface area contributed by atoms with Crippen molar-refractivity contribution in [2.45, 2.75) is 70.1 Å². The zero-order valence-electron chi connectivity index (χ0n) is 14.7. The topological polar surface area (TPSA) is 54.4 Å². The molecule has 0 aliphatic carbocycles. The normalized spacial score (nSPS) is 12.0. The number of benzene rings is 2. The minimum absolute atomic E-state index is 0.0665. The Kier molecular flexibility index (Phi) is 6.81. The predicted octanol–water partition coefficient (Wildman–Crippen LogP) is 5.55. The van der Waals surface area contributed by atoms with Gasteiger partial charge in [-0.1, -0.05) is 57.7 Å². The van der Waals surface area contributed by atoms with Gasteiger partial charge in [-0.25, -0.2) is 0 Å². The molecule has 0 bridgehead atoms. The summed E-state index contributed by atoms with van der Waals surface area (Å²) in [6, 6.07) is 9.79. The minimum atomic E-state index is -4.20. The molecule has 2 aromatic carbocycles. The fourth-order valence-electron chi connectivity index (χ4n) is 3.11. The summed E-state index contributed by atoms with van der Waals surface area (Å²) >= 11 is 0. The maximum absolute atomic E-state index is 11.8. The fraction of sp³-hybridized carbons (Fsp3) is 0.500. The molecule has 1 N–H and O–H groups in total. The summed E-state index contributed by atoms with van der Waals surface area (Å²) in [6.45, 7) is 4.29. The summed E-state index contributed by atoms with van der Waals surface area (Å²) in [7, 11) is -4.20. The molecule has 0 saturated carbocycles. The van der Waals surface area contributed by atoms with Crippen molar-refractivity contribution in [2.24, 2.45) is 0 Å². The third kappa shape index (κ3) is 5.05. The van der Waals surface area contributed by atoms with Crippen LogP contribution < -0.4 is 0 Å². The van der Waals surface area contributed by atoms with Gasteiger partial charge in [0.05, 0.1) is 4.90 Å². The fourth-order valence-corrected chi connectivity index (χ4v) is 3.88. The monoisotopic (exact) mass is 348 g/mol. The Balaban J connectivity index is 2.38. The predicted molar refractivity (Wildman–Crippen MR) is 100 cm³/mol. The highest BCUT2D eigenvalue weighted by molar-refractivity contribution is 7.85. The first-order valence-electron chi connectivity index (χ1n) is 8.98. The number of fused-ring (bicyclic) bond motifs is 1. The van der Waals surface area contributed by atoms with E-state index in [9.17, 15) is 13.0 Å². The molecule has 0 radical (unpaired) electrons. The van der Waals surface area contributed by atoms with E-state index in [0.717, 1.165) is 48.4 Å². The lowest BCUT2D eigenvalue weighted by atomic mass is 9.99. The first-order valence-corrected chi connectivity index (χ1v) is 10.4. The molecule has 0 aliphatic heterocycles. The first-order chi connectivity index (χ1) is 11.5. The van der Waals surface area contributed by atoms with Gasteiger partial charge in [-0.3, -0.25) is 4.55 Å². The molecule has 0 heterocycles. The van der Waals surface area contributed by atoms with Crippen LogP contribution in [0.1, 0.15) is 63.5 Å². The van der Waals surface area contributed by atoms with Gasteiger partial charge in [-0.05, 0) is 59.7 Å². The van der Waals surface area contributed by atoms with Gasteiger partial charge < -0.3 is 0 Å². The van der Waals surface area contributed by atoms with E-state index >= 15 is 0 Å². The van der Waals surface area contributed by atoms with Crippen LogP contribution in [0.4, 0.5) is 0 Å². The number of rotatable bonds is 9. The van der Waals surface area contributed by atoms with Crippen molar-refractivity contribution in [1.29, 1.82) is 0 Å². The van der Waals surface area contributed by atoms with Crippen LogP contribution in [0.5, 0.6) is 0 Å². The van der Waals surface area contributed by atoms with E-state index in [1.54, 1.807) is 6.07 Å². The maximum Gasteiger partial charge on any atom is 0.294 e. The molecule has 0 fully saturated rings. The summed E-state index contributed by atoms with van der Waals surface area (Å²) < 4.78 is 33.2. The molecular weight excluding hydrogens is 320 g/mol. The third-order valence-corrected chi connectivity index (χ3v) is 5.42. The Morgan fingerprint density at radius 2 is 1.50 bits per heavy atom. The zero-order valence-corrected chi connectivity index (χ0v) is 15.5. The smallest absolute Gasteiger partial charge is 0.282 e. The molecule has 24 heavy (non-hydrogen) atoms. The van der Waals surface area contributed by atoms with Crippen molar-refractivity contribution in [2.75, 3.05) is 0 Å². The summed E-state index contributed by atoms with van der Waals surface area (Å²) in [5, 5.41) is 1.92.